The standard InChI is InChI=1S/C14H13N3/c1-10-5-6-11(2)13(8-10)17-12-4-3-7-16-14(12)9-15/h3-8,17H,1-2H3. The monoisotopic (exact) mass is 223 g/mol. The molecule has 84 valence electrons. The molecule has 1 N–H and O–H groups in total. The Morgan fingerprint density at radius 3 is 2.76 bits per heavy atom. The molecular formula is C14H13N3. The van der Waals surface area contributed by atoms with Gasteiger partial charge in [-0.25, -0.2) is 4.98 Å². The van der Waals surface area contributed by atoms with Crippen molar-refractivity contribution in [3.63, 3.8) is 0 Å². The van der Waals surface area contributed by atoms with Gasteiger partial charge in [-0.3, -0.25) is 0 Å². The van der Waals surface area contributed by atoms with Crippen LogP contribution in [-0.2, 0) is 0 Å². The lowest BCUT2D eigenvalue weighted by molar-refractivity contribution is 1.25. The van der Waals surface area contributed by atoms with Gasteiger partial charge in [-0.2, -0.15) is 5.26 Å². The van der Waals surface area contributed by atoms with Crippen molar-refractivity contribution in [3.05, 3.63) is 53.3 Å². The number of nitrogens with one attached hydrogen (secondary N) is 1. The third-order valence-corrected chi connectivity index (χ3v) is 2.58. The summed E-state index contributed by atoms with van der Waals surface area (Å²) in [4.78, 5) is 4.02. The van der Waals surface area contributed by atoms with Crippen LogP contribution in [0.2, 0.25) is 0 Å². The smallest absolute Gasteiger partial charge is 0.163 e. The van der Waals surface area contributed by atoms with Gasteiger partial charge < -0.3 is 5.32 Å². The Morgan fingerprint density at radius 2 is 2.00 bits per heavy atom. The third-order valence-electron chi connectivity index (χ3n) is 2.58. The Bertz CT molecular complexity index is 582. The second-order valence-corrected chi connectivity index (χ2v) is 3.95. The SMILES string of the molecule is Cc1ccc(C)c(Nc2cccnc2C#N)c1. The van der Waals surface area contributed by atoms with Crippen LogP contribution in [0.15, 0.2) is 36.5 Å². The molecule has 0 aliphatic rings. The molecule has 0 saturated carbocycles. The van der Waals surface area contributed by atoms with Crippen LogP contribution in [0.4, 0.5) is 11.4 Å². The van der Waals surface area contributed by atoms with Crippen molar-refractivity contribution in [2.75, 3.05) is 5.32 Å². The summed E-state index contributed by atoms with van der Waals surface area (Å²) in [6.07, 6.45) is 1.62. The first-order valence-electron chi connectivity index (χ1n) is 5.40. The van der Waals surface area contributed by atoms with Gasteiger partial charge in [-0.1, -0.05) is 12.1 Å². The molecule has 0 aliphatic heterocycles. The molecule has 1 aromatic carbocycles. The van der Waals surface area contributed by atoms with E-state index in [1.54, 1.807) is 6.20 Å². The van der Waals surface area contributed by atoms with Gasteiger partial charge in [0.2, 0.25) is 0 Å². The maximum atomic E-state index is 8.97. The van der Waals surface area contributed by atoms with E-state index >= 15 is 0 Å². The van der Waals surface area contributed by atoms with E-state index in [1.165, 1.54) is 5.56 Å². The number of aryl methyl sites for hydroxylation is 2. The van der Waals surface area contributed by atoms with E-state index in [4.69, 9.17) is 5.26 Å². The van der Waals surface area contributed by atoms with E-state index in [9.17, 15) is 0 Å². The average molecular weight is 223 g/mol. The molecule has 0 unspecified atom stereocenters. The molecule has 1 aromatic heterocycles. The minimum Gasteiger partial charge on any atom is -0.353 e. The van der Waals surface area contributed by atoms with Crippen molar-refractivity contribution < 1.29 is 0 Å². The van der Waals surface area contributed by atoms with Crippen molar-refractivity contribution in [1.82, 2.24) is 4.98 Å². The Hall–Kier alpha value is -2.34. The minimum atomic E-state index is 0.411. The predicted octanol–water partition coefficient (Wildman–Crippen LogP) is 3.31. The number of anilines is 2. The zero-order valence-corrected chi connectivity index (χ0v) is 9.86. The van der Waals surface area contributed by atoms with Crippen LogP contribution in [0.1, 0.15) is 16.8 Å². The first-order chi connectivity index (χ1) is 8.20. The normalized spacial score (nSPS) is 9.71. The van der Waals surface area contributed by atoms with Gasteiger partial charge >= 0.3 is 0 Å². The van der Waals surface area contributed by atoms with Crippen molar-refractivity contribution in [2.45, 2.75) is 13.8 Å². The van der Waals surface area contributed by atoms with Crippen molar-refractivity contribution >= 4 is 11.4 Å². The fourth-order valence-electron chi connectivity index (χ4n) is 1.61. The molecule has 0 atom stereocenters. The predicted molar refractivity (Wildman–Crippen MR) is 68.2 cm³/mol. The van der Waals surface area contributed by atoms with E-state index < -0.39 is 0 Å². The molecule has 0 fully saturated rings. The van der Waals surface area contributed by atoms with Crippen molar-refractivity contribution in [2.24, 2.45) is 0 Å². The number of hydrogen-bond donors (Lipinski definition) is 1. The van der Waals surface area contributed by atoms with Crippen LogP contribution in [0.25, 0.3) is 0 Å². The van der Waals surface area contributed by atoms with Crippen LogP contribution in [0.3, 0.4) is 0 Å². The van der Waals surface area contributed by atoms with Crippen LogP contribution >= 0.6 is 0 Å². The maximum absolute atomic E-state index is 8.97. The van der Waals surface area contributed by atoms with Crippen molar-refractivity contribution in [3.8, 4) is 6.07 Å². The molecule has 0 aliphatic carbocycles. The molecule has 0 amide bonds. The minimum absolute atomic E-state index is 0.411. The largest absolute Gasteiger partial charge is 0.353 e. The second kappa shape index (κ2) is 4.67. The Balaban J connectivity index is 2.38. The summed E-state index contributed by atoms with van der Waals surface area (Å²) in [5, 5.41) is 12.2. The highest BCUT2D eigenvalue weighted by atomic mass is 14.9. The van der Waals surface area contributed by atoms with E-state index in [0.29, 0.717) is 5.69 Å². The van der Waals surface area contributed by atoms with Gasteiger partial charge in [0.05, 0.1) is 5.69 Å². The van der Waals surface area contributed by atoms with Gasteiger partial charge in [-0.15, -0.1) is 0 Å². The summed E-state index contributed by atoms with van der Waals surface area (Å²) < 4.78 is 0. The Kier molecular flexibility index (Phi) is 3.06. The van der Waals surface area contributed by atoms with E-state index in [0.717, 1.165) is 16.9 Å². The molecule has 2 rings (SSSR count). The van der Waals surface area contributed by atoms with Crippen LogP contribution < -0.4 is 5.32 Å². The highest BCUT2D eigenvalue weighted by Crippen LogP contribution is 2.22. The molecule has 1 heterocycles. The molecule has 3 heteroatoms. The summed E-state index contributed by atoms with van der Waals surface area (Å²) in [5.41, 5.74) is 4.48. The topological polar surface area (TPSA) is 48.7 Å². The first kappa shape index (κ1) is 11.2. The summed E-state index contributed by atoms with van der Waals surface area (Å²) in [6, 6.07) is 11.9. The summed E-state index contributed by atoms with van der Waals surface area (Å²) >= 11 is 0. The Labute approximate surface area is 101 Å². The van der Waals surface area contributed by atoms with Gasteiger partial charge in [-0.05, 0) is 43.2 Å². The highest BCUT2D eigenvalue weighted by molar-refractivity contribution is 5.67. The number of benzene rings is 1. The summed E-state index contributed by atoms with van der Waals surface area (Å²) in [6.45, 7) is 4.07. The first-order valence-corrected chi connectivity index (χ1v) is 5.40. The third kappa shape index (κ3) is 2.43. The fourth-order valence-corrected chi connectivity index (χ4v) is 1.61. The van der Waals surface area contributed by atoms with E-state index in [-0.39, 0.29) is 0 Å². The lowest BCUT2D eigenvalue weighted by Crippen LogP contribution is -1.97. The number of aromatic nitrogens is 1. The summed E-state index contributed by atoms with van der Waals surface area (Å²) in [7, 11) is 0. The molecule has 3 nitrogen and oxygen atoms in total. The van der Waals surface area contributed by atoms with Gasteiger partial charge in [0.1, 0.15) is 6.07 Å². The highest BCUT2D eigenvalue weighted by Gasteiger charge is 2.04. The number of rotatable bonds is 2. The van der Waals surface area contributed by atoms with Gasteiger partial charge in [0.25, 0.3) is 0 Å². The van der Waals surface area contributed by atoms with Gasteiger partial charge in [0, 0.05) is 11.9 Å². The zero-order valence-electron chi connectivity index (χ0n) is 9.86. The van der Waals surface area contributed by atoms with Crippen molar-refractivity contribution in [1.29, 1.82) is 5.26 Å². The lowest BCUT2D eigenvalue weighted by atomic mass is 10.1. The number of hydrogen-bond acceptors (Lipinski definition) is 3. The fraction of sp³-hybridized carbons (Fsp3) is 0.143. The van der Waals surface area contributed by atoms with Crippen LogP contribution in [-0.4, -0.2) is 4.98 Å². The molecule has 17 heavy (non-hydrogen) atoms. The van der Waals surface area contributed by atoms with Crippen LogP contribution in [0, 0.1) is 25.2 Å². The molecular weight excluding hydrogens is 210 g/mol. The summed E-state index contributed by atoms with van der Waals surface area (Å²) in [5.74, 6) is 0. The van der Waals surface area contributed by atoms with E-state index in [2.05, 4.69) is 34.6 Å². The molecule has 0 radical (unpaired) electrons. The lowest BCUT2D eigenvalue weighted by Gasteiger charge is -2.10. The number of nitriles is 1. The molecule has 2 aromatic rings. The number of pyridine rings is 1. The maximum Gasteiger partial charge on any atom is 0.163 e. The second-order valence-electron chi connectivity index (χ2n) is 3.95. The molecule has 0 bridgehead atoms. The van der Waals surface area contributed by atoms with Crippen LogP contribution in [0.5, 0.6) is 0 Å². The Morgan fingerprint density at radius 1 is 1.18 bits per heavy atom. The average Bonchev–Trinajstić information content (AvgIpc) is 2.34. The molecule has 0 saturated heterocycles. The quantitative estimate of drug-likeness (QED) is 0.849. The van der Waals surface area contributed by atoms with Gasteiger partial charge in [0.15, 0.2) is 5.69 Å². The number of nitrogens with zero attached hydrogens (tertiary/aromatic N) is 2. The molecule has 0 spiro atoms. The zero-order chi connectivity index (χ0) is 12.3. The van der Waals surface area contributed by atoms with E-state index in [1.807, 2.05) is 26.0 Å².